The maximum Gasteiger partial charge on any atom is 0.425 e. The molecule has 0 amide bonds. The Morgan fingerprint density at radius 2 is 0.870 bits per heavy atom. The van der Waals surface area contributed by atoms with Crippen molar-refractivity contribution in [1.29, 1.82) is 0 Å². The fourth-order valence-corrected chi connectivity index (χ4v) is 7.75. The van der Waals surface area contributed by atoms with E-state index in [0.29, 0.717) is 45.1 Å². The number of benzene rings is 7. The Bertz CT molecular complexity index is 3950. The molecule has 0 fully saturated rings. The molecular formula is C48H44N10O15S4. The smallest absolute Gasteiger partial charge is 0.425 e. The maximum atomic E-state index is 11.9. The van der Waals surface area contributed by atoms with Crippen LogP contribution in [0.4, 0.5) is 56.9 Å². The molecule has 4 N–H and O–H groups in total. The van der Waals surface area contributed by atoms with Gasteiger partial charge in [0.1, 0.15) is 33.5 Å². The summed E-state index contributed by atoms with van der Waals surface area (Å²) in [6.07, 6.45) is -0.0366. The lowest BCUT2D eigenvalue weighted by atomic mass is 10.1. The number of aromatic hydroxyl groups is 2. The summed E-state index contributed by atoms with van der Waals surface area (Å²) in [5.74, 6) is -0.267. The molecule has 0 spiro atoms. The Labute approximate surface area is 442 Å². The minimum absolute atomic E-state index is 0.0312. The number of aryl methyl sites for hydroxylation is 5. The summed E-state index contributed by atoms with van der Waals surface area (Å²) in [5, 5.41) is 65.4. The minimum Gasteiger partial charge on any atom is -0.508 e. The Hall–Kier alpha value is -8.74. The summed E-state index contributed by atoms with van der Waals surface area (Å²) in [6, 6.07) is 31.1. The summed E-state index contributed by atoms with van der Waals surface area (Å²) >= 11 is 0. The van der Waals surface area contributed by atoms with Gasteiger partial charge >= 0.3 is 21.2 Å². The van der Waals surface area contributed by atoms with Crippen molar-refractivity contribution in [3.05, 3.63) is 143 Å². The average Bonchev–Trinajstić information content (AvgIpc) is 3.35. The molecule has 0 aromatic heterocycles. The molecule has 0 bridgehead atoms. The summed E-state index contributed by atoms with van der Waals surface area (Å²) < 4.78 is 122. The van der Waals surface area contributed by atoms with Gasteiger partial charge in [0.25, 0.3) is 20.2 Å². The van der Waals surface area contributed by atoms with Crippen LogP contribution in [0.15, 0.2) is 171 Å². The van der Waals surface area contributed by atoms with Crippen LogP contribution in [0.2, 0.25) is 0 Å². The molecule has 0 aliphatic carbocycles. The fourth-order valence-electron chi connectivity index (χ4n) is 6.65. The van der Waals surface area contributed by atoms with Crippen molar-refractivity contribution in [2.45, 2.75) is 45.9 Å². The van der Waals surface area contributed by atoms with Crippen LogP contribution in [0, 0.1) is 34.6 Å². The number of rotatable bonds is 16. The molecule has 0 radical (unpaired) electrons. The number of hydrogen-bond acceptors (Lipinski definition) is 23. The highest BCUT2D eigenvalue weighted by Crippen LogP contribution is 2.41. The monoisotopic (exact) mass is 1130 g/mol. The van der Waals surface area contributed by atoms with Crippen LogP contribution in [0.1, 0.15) is 34.2 Å². The first-order valence-corrected chi connectivity index (χ1v) is 27.0. The lowest BCUT2D eigenvalue weighted by Crippen LogP contribution is -2.08. The van der Waals surface area contributed by atoms with Gasteiger partial charge in [0.2, 0.25) is 0 Å². The van der Waals surface area contributed by atoms with E-state index in [4.69, 9.17) is 30.0 Å². The summed E-state index contributed by atoms with van der Waals surface area (Å²) in [5.41, 5.74) is 7.80. The third-order valence-electron chi connectivity index (χ3n) is 10.4. The second kappa shape index (κ2) is 26.7. The zero-order valence-electron chi connectivity index (χ0n) is 41.0. The van der Waals surface area contributed by atoms with Gasteiger partial charge in [0.05, 0.1) is 52.2 Å². The molecule has 0 saturated carbocycles. The first-order valence-electron chi connectivity index (χ1n) is 22.0. The molecule has 0 aliphatic rings. The predicted octanol–water partition coefficient (Wildman–Crippen LogP) is 12.8. The maximum absolute atomic E-state index is 11.9. The van der Waals surface area contributed by atoms with Gasteiger partial charge in [-0.15, -0.1) is 40.6 Å². The van der Waals surface area contributed by atoms with Crippen molar-refractivity contribution in [2.75, 3.05) is 12.4 Å². The van der Waals surface area contributed by atoms with Crippen LogP contribution in [-0.4, -0.2) is 73.8 Å². The van der Waals surface area contributed by atoms with E-state index in [-0.39, 0.29) is 53.0 Å². The molecule has 77 heavy (non-hydrogen) atoms. The second-order valence-electron chi connectivity index (χ2n) is 16.2. The molecular weight excluding hydrogens is 1080 g/mol. The number of phenols is 2. The lowest BCUT2D eigenvalue weighted by Gasteiger charge is -2.11. The van der Waals surface area contributed by atoms with Crippen LogP contribution < -0.4 is 4.74 Å². The Morgan fingerprint density at radius 1 is 0.455 bits per heavy atom. The highest BCUT2D eigenvalue weighted by molar-refractivity contribution is 7.86. The zero-order valence-corrected chi connectivity index (χ0v) is 44.2. The van der Waals surface area contributed by atoms with Gasteiger partial charge in [-0.3, -0.25) is 9.11 Å². The van der Waals surface area contributed by atoms with Crippen molar-refractivity contribution in [1.82, 2.24) is 0 Å². The van der Waals surface area contributed by atoms with Gasteiger partial charge in [-0.05, 0) is 165 Å². The van der Waals surface area contributed by atoms with E-state index in [1.807, 2.05) is 52.0 Å². The van der Waals surface area contributed by atoms with Crippen LogP contribution in [-0.2, 0) is 41.5 Å². The van der Waals surface area contributed by atoms with E-state index in [1.165, 1.54) is 42.5 Å². The number of azo groups is 5. The molecule has 0 aliphatic heterocycles. The number of phenolic OH excluding ortho intramolecular Hbond substituents is 2. The number of ether oxygens (including phenoxy) is 1. The van der Waals surface area contributed by atoms with Gasteiger partial charge < -0.3 is 14.9 Å². The predicted molar refractivity (Wildman–Crippen MR) is 280 cm³/mol. The van der Waals surface area contributed by atoms with Crippen molar-refractivity contribution < 1.29 is 66.1 Å². The van der Waals surface area contributed by atoms with Gasteiger partial charge in [0.15, 0.2) is 5.75 Å². The fraction of sp³-hybridized carbons (Fsp3) is 0.167. The van der Waals surface area contributed by atoms with Crippen LogP contribution in [0.25, 0.3) is 10.8 Å². The molecule has 7 aromatic rings. The van der Waals surface area contributed by atoms with Gasteiger partial charge in [-0.2, -0.15) is 52.6 Å². The molecule has 0 unspecified atom stereocenters. The van der Waals surface area contributed by atoms with E-state index in [9.17, 15) is 36.2 Å². The van der Waals surface area contributed by atoms with Crippen molar-refractivity contribution >= 4 is 109 Å². The lowest BCUT2D eigenvalue weighted by molar-refractivity contribution is 0.317. The molecule has 0 saturated heterocycles. The highest BCUT2D eigenvalue weighted by atomic mass is 32.2. The quantitative estimate of drug-likeness (QED) is 0.0397. The first-order chi connectivity index (χ1) is 36.3. The summed E-state index contributed by atoms with van der Waals surface area (Å²) in [4.78, 5) is -0.428. The molecule has 0 heterocycles. The zero-order chi connectivity index (χ0) is 56.6. The topological polar surface area (TPSA) is 384 Å². The van der Waals surface area contributed by atoms with E-state index in [1.54, 1.807) is 55.5 Å². The van der Waals surface area contributed by atoms with Crippen LogP contribution in [0.5, 0.6) is 17.2 Å². The van der Waals surface area contributed by atoms with E-state index >= 15 is 0 Å². The first kappa shape index (κ1) is 59.1. The number of nitrogens with zero attached hydrogens (tertiary/aromatic N) is 10. The SMILES string of the molecule is Cc1cc(N=Nc2cc(C)c(N=Nc3ccccc3S(=O)(=O)O)cc2OCCCS(=O)(=O)O)c(C)cc1N=Nc1cc(C)c(N=Nc2ccc3cc(N=Nc4ccc(O)cc4)ccc3c2O)cc1C.O=S(=O)=O.O=S(=O)=O. The average molecular weight is 1130 g/mol. The summed E-state index contributed by atoms with van der Waals surface area (Å²) in [6.45, 7) is 9.05. The Balaban J connectivity index is 0.00000128. The van der Waals surface area contributed by atoms with E-state index in [0.717, 1.165) is 27.6 Å². The normalized spacial score (nSPS) is 11.8. The molecule has 25 nitrogen and oxygen atoms in total. The van der Waals surface area contributed by atoms with Gasteiger partial charge in [-0.25, -0.2) is 0 Å². The molecule has 7 aromatic carbocycles. The molecule has 0 atom stereocenters. The Morgan fingerprint density at radius 3 is 1.36 bits per heavy atom. The van der Waals surface area contributed by atoms with Crippen LogP contribution >= 0.6 is 0 Å². The third kappa shape index (κ3) is 18.3. The van der Waals surface area contributed by atoms with E-state index < -0.39 is 52.1 Å². The number of hydrogen-bond donors (Lipinski definition) is 4. The van der Waals surface area contributed by atoms with Crippen LogP contribution in [0.3, 0.4) is 0 Å². The number of fused-ring (bicyclic) bond motifs is 1. The standard InChI is InChI=1S/C48H44N10O9S2.2O3S/c1-28-22-41(29(2)21-40(28)53-52-39-18-11-33-26-35(14-17-37(33)48(39)60)50-49-34-12-15-36(59)16-13-34)54-55-42-23-31(4)43(24-30(42)3)56-58-45-25-32(5)44(27-46(45)67-19-8-20-68(61,62)63)57-51-38-9-6-7-10-47(38)69(64,65)66;2*1-4(2)3/h6-7,9-18,21-27,59-60H,8,19-20H2,1-5H3,(H,61,62,63)(H,64,65,66);;. The van der Waals surface area contributed by atoms with E-state index in [2.05, 4.69) is 51.1 Å². The highest BCUT2D eigenvalue weighted by Gasteiger charge is 2.16. The third-order valence-corrected chi connectivity index (χ3v) is 12.1. The molecule has 29 heteroatoms. The van der Waals surface area contributed by atoms with Crippen molar-refractivity contribution in [2.24, 2.45) is 51.1 Å². The second-order valence-corrected chi connectivity index (χ2v) is 19.9. The van der Waals surface area contributed by atoms with Gasteiger partial charge in [0, 0.05) is 11.5 Å². The minimum atomic E-state index is -4.58. The molecule has 400 valence electrons. The summed E-state index contributed by atoms with van der Waals surface area (Å²) in [7, 11) is -15.0. The molecule has 7 rings (SSSR count). The van der Waals surface area contributed by atoms with Crippen molar-refractivity contribution in [3.8, 4) is 17.2 Å². The van der Waals surface area contributed by atoms with Crippen molar-refractivity contribution in [3.63, 3.8) is 0 Å². The Kier molecular flexibility index (Phi) is 20.5. The largest absolute Gasteiger partial charge is 0.508 e. The van der Waals surface area contributed by atoms with Gasteiger partial charge in [-0.1, -0.05) is 18.2 Å².